The molecule has 0 heterocycles. The van der Waals surface area contributed by atoms with E-state index in [9.17, 15) is 96.6 Å². The lowest BCUT2D eigenvalue weighted by molar-refractivity contribution is -1.22. The Labute approximate surface area is 169 Å². The maximum Gasteiger partial charge on any atom is 0.581 e. The number of rotatable bonds is 5. The summed E-state index contributed by atoms with van der Waals surface area (Å²) in [7, 11) is 0. The molecule has 0 rings (SSSR count). The van der Waals surface area contributed by atoms with Crippen LogP contribution in [0.5, 0.6) is 0 Å². The summed E-state index contributed by atoms with van der Waals surface area (Å²) in [5.74, 6) is -36.5. The van der Waals surface area contributed by atoms with Gasteiger partial charge >= 0.3 is 54.8 Å². The average Bonchev–Trinajstić information content (AvgIpc) is 2.39. The Hall–Kier alpha value is -1.29. The first-order valence-electron chi connectivity index (χ1n) is 6.30. The summed E-state index contributed by atoms with van der Waals surface area (Å²) in [5.41, 5.74) is 0. The summed E-state index contributed by atoms with van der Waals surface area (Å²) in [6.45, 7) is 0. The van der Waals surface area contributed by atoms with Crippen LogP contribution in [-0.2, 0) is 0 Å². The third kappa shape index (κ3) is 3.98. The van der Waals surface area contributed by atoms with Gasteiger partial charge in [-0.15, -0.1) is 48.3 Å². The van der Waals surface area contributed by atoms with Crippen LogP contribution in [0.1, 0.15) is 0 Å². The summed E-state index contributed by atoms with van der Waals surface area (Å²) >= 11 is 0. The fourth-order valence-electron chi connectivity index (χ4n) is 1.88. The zero-order chi connectivity index (χ0) is 27.0. The van der Waals surface area contributed by atoms with E-state index in [0.717, 1.165) is 0 Å². The molecule has 1 nitrogen and oxygen atoms in total. The van der Waals surface area contributed by atoms with Gasteiger partial charge in [-0.1, -0.05) is 0 Å². The lowest BCUT2D eigenvalue weighted by Gasteiger charge is -2.47. The third-order valence-electron chi connectivity index (χ3n) is 3.48. The van der Waals surface area contributed by atoms with Crippen LogP contribution in [0.3, 0.4) is 0 Å². The Morgan fingerprint density at radius 1 is 0.303 bits per heavy atom. The molecule has 0 fully saturated rings. The number of hydrogen-bond acceptors (Lipinski definition) is 0. The topological polar surface area (TPSA) is 0 Å². The predicted octanol–water partition coefficient (Wildman–Crippen LogP) is 4.06. The minimum Gasteiger partial charge on any atom is -1.00 e. The number of hydrogen-bond donors (Lipinski definition) is 0. The van der Waals surface area contributed by atoms with Gasteiger partial charge in [0.25, 0.3) is 0 Å². The van der Waals surface area contributed by atoms with Gasteiger partial charge in [0.15, 0.2) is 0 Å². The van der Waals surface area contributed by atoms with E-state index in [-0.39, 0.29) is 12.4 Å². The molecule has 0 amide bonds. The quantitative estimate of drug-likeness (QED) is 0.264. The van der Waals surface area contributed by atoms with Gasteiger partial charge < -0.3 is 12.4 Å². The monoisotopic (exact) mass is 575 g/mol. The molecule has 0 aromatic carbocycles. The second-order valence-electron chi connectivity index (χ2n) is 5.41. The van der Waals surface area contributed by atoms with Crippen LogP contribution in [-0.4, -0.2) is 59.3 Å². The highest BCUT2D eigenvalue weighted by Crippen LogP contribution is 2.67. The van der Waals surface area contributed by atoms with Crippen molar-refractivity contribution < 1.29 is 113 Å². The molecule has 0 aliphatic rings. The lowest BCUT2D eigenvalue weighted by atomic mass is 9.95. The van der Waals surface area contributed by atoms with Gasteiger partial charge in [0.05, 0.1) is 0 Å². The standard InChI is InChI=1S/C9F22N.ClH/c10-1(11,3(14,15)5(18,19)20)2(12,13)4(16,17)6(21,22)32(7(23,24)25,8(26,27)28)9(29,30)31;/h;1H/q+1;/p-1. The number of quaternary nitrogens is 1. The fourth-order valence-corrected chi connectivity index (χ4v) is 1.88. The molecular weight excluding hydrogens is 576 g/mol. The van der Waals surface area contributed by atoms with Gasteiger partial charge in [-0.2, -0.15) is 48.3 Å². The van der Waals surface area contributed by atoms with Crippen LogP contribution in [0.2, 0.25) is 0 Å². The number of nitrogens with zero attached hydrogens (tertiary/aromatic N) is 1. The maximum atomic E-state index is 13.4. The van der Waals surface area contributed by atoms with Gasteiger partial charge in [0.2, 0.25) is 0 Å². The van der Waals surface area contributed by atoms with Crippen LogP contribution < -0.4 is 12.4 Å². The molecule has 0 atom stereocenters. The second-order valence-corrected chi connectivity index (χ2v) is 5.41. The summed E-state index contributed by atoms with van der Waals surface area (Å²) < 4.78 is 270. The van der Waals surface area contributed by atoms with E-state index in [2.05, 4.69) is 0 Å². The van der Waals surface area contributed by atoms with Crippen LogP contribution in [0.25, 0.3) is 0 Å². The highest BCUT2D eigenvalue weighted by atomic mass is 35.5. The maximum absolute atomic E-state index is 13.4. The molecule has 0 aromatic heterocycles. The lowest BCUT2D eigenvalue weighted by Crippen LogP contribution is -3.00. The molecule has 0 aromatic rings. The third-order valence-corrected chi connectivity index (χ3v) is 3.48. The van der Waals surface area contributed by atoms with Crippen molar-refractivity contribution in [3.63, 3.8) is 0 Å². The molecule has 0 bridgehead atoms. The van der Waals surface area contributed by atoms with Gasteiger partial charge in [-0.3, -0.25) is 0 Å². The van der Waals surface area contributed by atoms with Crippen molar-refractivity contribution >= 4 is 0 Å². The first-order chi connectivity index (χ1) is 13.2. The van der Waals surface area contributed by atoms with E-state index in [1.807, 2.05) is 0 Å². The molecule has 0 saturated heterocycles. The molecule has 202 valence electrons. The largest absolute Gasteiger partial charge is 1.00 e. The molecule has 0 radical (unpaired) electrons. The minimum absolute atomic E-state index is 0. The van der Waals surface area contributed by atoms with Crippen molar-refractivity contribution in [3.05, 3.63) is 0 Å². The zero-order valence-corrected chi connectivity index (χ0v) is 14.4. The highest BCUT2D eigenvalue weighted by molar-refractivity contribution is 5.09. The van der Waals surface area contributed by atoms with Crippen LogP contribution in [0.15, 0.2) is 0 Å². The van der Waals surface area contributed by atoms with Crippen LogP contribution >= 0.6 is 0 Å². The molecule has 0 aliphatic carbocycles. The summed E-state index contributed by atoms with van der Waals surface area (Å²) in [6.07, 6.45) is -34.8. The van der Waals surface area contributed by atoms with E-state index < -0.39 is 59.3 Å². The van der Waals surface area contributed by atoms with E-state index in [1.54, 1.807) is 0 Å². The molecule has 33 heavy (non-hydrogen) atoms. The molecule has 0 N–H and O–H groups in total. The Morgan fingerprint density at radius 2 is 0.515 bits per heavy atom. The zero-order valence-electron chi connectivity index (χ0n) is 13.6. The summed E-state index contributed by atoms with van der Waals surface area (Å²) in [6, 6.07) is -9.66. The molecule has 0 unspecified atom stereocenters. The average molecular weight is 576 g/mol. The van der Waals surface area contributed by atoms with Crippen molar-refractivity contribution in [2.75, 3.05) is 0 Å². The Bertz CT molecular complexity index is 653. The second kappa shape index (κ2) is 7.86. The van der Waals surface area contributed by atoms with Gasteiger partial charge in [0.1, 0.15) is 0 Å². The number of halogens is 23. The minimum atomic E-state index is -9.66. The van der Waals surface area contributed by atoms with Gasteiger partial charge in [-0.25, -0.2) is 0 Å². The van der Waals surface area contributed by atoms with Crippen molar-refractivity contribution in [2.45, 2.75) is 54.8 Å². The molecule has 0 saturated carbocycles. The molecule has 0 spiro atoms. The molecular formula is C9ClF22N. The smallest absolute Gasteiger partial charge is 0.581 e. The van der Waals surface area contributed by atoms with Crippen molar-refractivity contribution in [3.8, 4) is 0 Å². The van der Waals surface area contributed by atoms with Crippen molar-refractivity contribution in [2.24, 2.45) is 0 Å². The first-order valence-corrected chi connectivity index (χ1v) is 6.30. The SMILES string of the molecule is FC(F)(F)C(F)(F)C(F)(F)C(F)(F)C(F)(F)C(F)(F)[N+](C(F)(F)F)(C(F)(F)F)C(F)(F)F.[Cl-]. The molecule has 0 aliphatic heterocycles. The van der Waals surface area contributed by atoms with Gasteiger partial charge in [0, 0.05) is 4.48 Å². The first kappa shape index (κ1) is 33.9. The Kier molecular flexibility index (Phi) is 8.07. The van der Waals surface area contributed by atoms with E-state index in [0.29, 0.717) is 0 Å². The predicted molar refractivity (Wildman–Crippen MR) is 49.2 cm³/mol. The summed E-state index contributed by atoms with van der Waals surface area (Å²) in [5, 5.41) is 0. The van der Waals surface area contributed by atoms with E-state index in [1.165, 1.54) is 0 Å². The van der Waals surface area contributed by atoms with Gasteiger partial charge in [-0.05, 0) is 0 Å². The summed E-state index contributed by atoms with van der Waals surface area (Å²) in [4.78, 5) is 0. The van der Waals surface area contributed by atoms with E-state index in [4.69, 9.17) is 0 Å². The number of alkyl halides is 22. The van der Waals surface area contributed by atoms with Crippen LogP contribution in [0.4, 0.5) is 96.6 Å². The van der Waals surface area contributed by atoms with Crippen molar-refractivity contribution in [1.82, 2.24) is 0 Å². The van der Waals surface area contributed by atoms with Crippen LogP contribution in [0, 0.1) is 0 Å². The van der Waals surface area contributed by atoms with Crippen molar-refractivity contribution in [1.29, 1.82) is 0 Å². The Morgan fingerprint density at radius 3 is 0.697 bits per heavy atom. The fraction of sp³-hybridized carbons (Fsp3) is 1.00. The van der Waals surface area contributed by atoms with E-state index >= 15 is 0 Å². The normalized spacial score (nSPS) is 16.5. The highest BCUT2D eigenvalue weighted by Gasteiger charge is 3.04. The molecule has 24 heteroatoms. The Balaban J connectivity index is 0.